The summed E-state index contributed by atoms with van der Waals surface area (Å²) in [5, 5.41) is 0. The Morgan fingerprint density at radius 2 is 1.08 bits per heavy atom. The first-order chi connectivity index (χ1) is 11.6. The van der Waals surface area contributed by atoms with Gasteiger partial charge in [-0.1, -0.05) is 57.8 Å². The van der Waals surface area contributed by atoms with E-state index in [0.29, 0.717) is 12.6 Å². The van der Waals surface area contributed by atoms with Crippen molar-refractivity contribution in [2.75, 3.05) is 27.9 Å². The summed E-state index contributed by atoms with van der Waals surface area (Å²) >= 11 is 0. The molecule has 0 aliphatic carbocycles. The van der Waals surface area contributed by atoms with Crippen molar-refractivity contribution in [2.45, 2.75) is 95.5 Å². The molecule has 5 nitrogen and oxygen atoms in total. The predicted molar refractivity (Wildman–Crippen MR) is 101 cm³/mol. The molecule has 0 saturated carbocycles. The number of nitrogens with two attached hydrogens (primary N) is 2. The molecule has 0 fully saturated rings. The Labute approximate surface area is 149 Å². The van der Waals surface area contributed by atoms with Crippen LogP contribution in [0.1, 0.15) is 83.5 Å². The first-order valence-electron chi connectivity index (χ1n) is 9.75. The van der Waals surface area contributed by atoms with E-state index in [1.807, 2.05) is 0 Å². The van der Waals surface area contributed by atoms with E-state index in [1.54, 1.807) is 21.3 Å². The molecule has 146 valence electrons. The van der Waals surface area contributed by atoms with E-state index in [2.05, 4.69) is 0 Å². The Bertz CT molecular complexity index is 253. The molecule has 0 saturated heterocycles. The maximum Gasteiger partial charge on any atom is 0.282 e. The van der Waals surface area contributed by atoms with Gasteiger partial charge in [-0.25, -0.2) is 0 Å². The summed E-state index contributed by atoms with van der Waals surface area (Å²) in [4.78, 5) is 0. The van der Waals surface area contributed by atoms with Crippen molar-refractivity contribution in [1.82, 2.24) is 0 Å². The normalized spacial score (nSPS) is 13.4. The summed E-state index contributed by atoms with van der Waals surface area (Å²) in [5.41, 5.74) is 11.5. The van der Waals surface area contributed by atoms with Crippen LogP contribution in [0.15, 0.2) is 0 Å². The summed E-state index contributed by atoms with van der Waals surface area (Å²) in [6, 6.07) is 0.308. The molecule has 4 N–H and O–H groups in total. The van der Waals surface area contributed by atoms with Gasteiger partial charge in [0.05, 0.1) is 0 Å². The Hall–Kier alpha value is -0.200. The van der Waals surface area contributed by atoms with E-state index < -0.39 is 5.97 Å². The molecule has 0 aliphatic rings. The van der Waals surface area contributed by atoms with Crippen molar-refractivity contribution in [1.29, 1.82) is 0 Å². The quantitative estimate of drug-likeness (QED) is 0.290. The van der Waals surface area contributed by atoms with Crippen molar-refractivity contribution >= 4 is 0 Å². The Balaban J connectivity index is 3.31. The van der Waals surface area contributed by atoms with Gasteiger partial charge in [0.2, 0.25) is 0 Å². The number of rotatable bonds is 18. The van der Waals surface area contributed by atoms with Gasteiger partial charge in [0.15, 0.2) is 0 Å². The first kappa shape index (κ1) is 23.8. The fourth-order valence-electron chi connectivity index (χ4n) is 3.08. The van der Waals surface area contributed by atoms with Gasteiger partial charge in [-0.3, -0.25) is 0 Å². The van der Waals surface area contributed by atoms with Gasteiger partial charge in [0.1, 0.15) is 0 Å². The fraction of sp³-hybridized carbons (Fsp3) is 1.00. The summed E-state index contributed by atoms with van der Waals surface area (Å²) in [6.07, 6.45) is 15.7. The highest BCUT2D eigenvalue weighted by molar-refractivity contribution is 4.61. The van der Waals surface area contributed by atoms with Crippen LogP contribution in [-0.4, -0.2) is 39.9 Å². The third-order valence-electron chi connectivity index (χ3n) is 4.78. The molecule has 0 aromatic rings. The number of unbranched alkanes of at least 4 members (excludes halogenated alkanes) is 9. The monoisotopic (exact) mass is 346 g/mol. The lowest BCUT2D eigenvalue weighted by molar-refractivity contribution is -0.355. The fourth-order valence-corrected chi connectivity index (χ4v) is 3.08. The third kappa shape index (κ3) is 12.2. The van der Waals surface area contributed by atoms with Crippen LogP contribution in [-0.2, 0) is 14.2 Å². The molecular weight excluding hydrogens is 304 g/mol. The van der Waals surface area contributed by atoms with Crippen LogP contribution in [0, 0.1) is 0 Å². The summed E-state index contributed by atoms with van der Waals surface area (Å²) in [7, 11) is 4.87. The summed E-state index contributed by atoms with van der Waals surface area (Å²) in [6.45, 7) is 0.713. The van der Waals surface area contributed by atoms with Crippen LogP contribution in [0.5, 0.6) is 0 Å². The molecule has 0 spiro atoms. The van der Waals surface area contributed by atoms with E-state index in [0.717, 1.165) is 25.7 Å². The molecule has 1 atom stereocenters. The van der Waals surface area contributed by atoms with Crippen molar-refractivity contribution < 1.29 is 14.2 Å². The minimum Gasteiger partial charge on any atom is -0.331 e. The van der Waals surface area contributed by atoms with E-state index in [9.17, 15) is 0 Å². The molecular formula is C19H42N2O3. The van der Waals surface area contributed by atoms with Crippen LogP contribution in [0.25, 0.3) is 0 Å². The average molecular weight is 347 g/mol. The van der Waals surface area contributed by atoms with E-state index in [4.69, 9.17) is 25.7 Å². The van der Waals surface area contributed by atoms with Crippen LogP contribution in [0.2, 0.25) is 0 Å². The number of hydrogen-bond acceptors (Lipinski definition) is 5. The topological polar surface area (TPSA) is 79.7 Å². The average Bonchev–Trinajstić information content (AvgIpc) is 2.60. The zero-order chi connectivity index (χ0) is 18.1. The van der Waals surface area contributed by atoms with Gasteiger partial charge in [0.25, 0.3) is 5.97 Å². The van der Waals surface area contributed by atoms with Crippen LogP contribution in [0.4, 0.5) is 0 Å². The Morgan fingerprint density at radius 1 is 0.667 bits per heavy atom. The highest BCUT2D eigenvalue weighted by Gasteiger charge is 2.28. The van der Waals surface area contributed by atoms with Crippen molar-refractivity contribution in [2.24, 2.45) is 11.5 Å². The van der Waals surface area contributed by atoms with Gasteiger partial charge in [0, 0.05) is 33.8 Å². The Morgan fingerprint density at radius 3 is 1.50 bits per heavy atom. The maximum atomic E-state index is 5.95. The number of methoxy groups -OCH3 is 3. The molecule has 0 bridgehead atoms. The van der Waals surface area contributed by atoms with Gasteiger partial charge < -0.3 is 25.7 Å². The van der Waals surface area contributed by atoms with Crippen molar-refractivity contribution in [3.05, 3.63) is 0 Å². The summed E-state index contributed by atoms with van der Waals surface area (Å²) in [5.74, 6) is -0.854. The molecule has 0 rings (SSSR count). The van der Waals surface area contributed by atoms with Crippen molar-refractivity contribution in [3.8, 4) is 0 Å². The first-order valence-corrected chi connectivity index (χ1v) is 9.75. The van der Waals surface area contributed by atoms with Crippen LogP contribution < -0.4 is 11.5 Å². The minimum atomic E-state index is -0.854. The number of hydrogen-bond donors (Lipinski definition) is 2. The molecule has 0 radical (unpaired) electrons. The van der Waals surface area contributed by atoms with E-state index in [-0.39, 0.29) is 0 Å². The lowest BCUT2D eigenvalue weighted by Gasteiger charge is -2.28. The highest BCUT2D eigenvalue weighted by Crippen LogP contribution is 2.21. The van der Waals surface area contributed by atoms with Crippen molar-refractivity contribution in [3.63, 3.8) is 0 Å². The predicted octanol–water partition coefficient (Wildman–Crippen LogP) is 3.94. The van der Waals surface area contributed by atoms with E-state index in [1.165, 1.54) is 57.8 Å². The minimum absolute atomic E-state index is 0.308. The second-order valence-corrected chi connectivity index (χ2v) is 6.71. The van der Waals surface area contributed by atoms with E-state index >= 15 is 0 Å². The lowest BCUT2D eigenvalue weighted by atomic mass is 10.0. The zero-order valence-electron chi connectivity index (χ0n) is 16.4. The zero-order valence-corrected chi connectivity index (χ0v) is 16.4. The number of ether oxygens (including phenoxy) is 3. The van der Waals surface area contributed by atoms with Gasteiger partial charge in [-0.05, 0) is 25.8 Å². The van der Waals surface area contributed by atoms with Gasteiger partial charge >= 0.3 is 0 Å². The molecule has 0 amide bonds. The highest BCUT2D eigenvalue weighted by atomic mass is 16.9. The molecule has 0 aliphatic heterocycles. The Kier molecular flexibility index (Phi) is 16.1. The summed E-state index contributed by atoms with van der Waals surface area (Å²) < 4.78 is 15.9. The standard InChI is InChI=1S/C19H42N2O3/c1-22-19(23-2,24-3)16-13-11-9-7-5-4-6-8-10-12-14-18(21)15-17-20/h18H,4-17,20-21H2,1-3H3. The third-order valence-corrected chi connectivity index (χ3v) is 4.78. The molecule has 24 heavy (non-hydrogen) atoms. The molecule has 0 aromatic heterocycles. The molecule has 1 unspecified atom stereocenters. The SMILES string of the molecule is COC(CCCCCCCCCCCCC(N)CCN)(OC)OC. The smallest absolute Gasteiger partial charge is 0.282 e. The largest absolute Gasteiger partial charge is 0.331 e. The molecule has 5 heteroatoms. The maximum absolute atomic E-state index is 5.95. The lowest BCUT2D eigenvalue weighted by Crippen LogP contribution is -2.35. The van der Waals surface area contributed by atoms with Crippen LogP contribution in [0.3, 0.4) is 0 Å². The molecule has 0 heterocycles. The second kappa shape index (κ2) is 16.3. The second-order valence-electron chi connectivity index (χ2n) is 6.71. The molecule has 0 aromatic carbocycles. The van der Waals surface area contributed by atoms with Gasteiger partial charge in [-0.2, -0.15) is 0 Å². The van der Waals surface area contributed by atoms with Crippen LogP contribution >= 0.6 is 0 Å². The van der Waals surface area contributed by atoms with Gasteiger partial charge in [-0.15, -0.1) is 0 Å².